The van der Waals surface area contributed by atoms with Crippen molar-refractivity contribution in [2.75, 3.05) is 53.0 Å². The third-order valence-corrected chi connectivity index (χ3v) is 6.05. The second-order valence-corrected chi connectivity index (χ2v) is 8.51. The minimum absolute atomic E-state index is 0.0100. The number of quaternary nitrogens is 2. The van der Waals surface area contributed by atoms with E-state index in [4.69, 9.17) is 9.47 Å². The summed E-state index contributed by atoms with van der Waals surface area (Å²) >= 11 is 0. The molecule has 0 unspecified atom stereocenters. The molecule has 3 rings (SSSR count). The zero-order chi connectivity index (χ0) is 20.8. The summed E-state index contributed by atoms with van der Waals surface area (Å²) in [5.74, 6) is 2.22. The van der Waals surface area contributed by atoms with Crippen molar-refractivity contribution in [3.8, 4) is 11.5 Å². The number of rotatable bonds is 9. The Labute approximate surface area is 173 Å². The number of hydrogen-bond donors (Lipinski definition) is 2. The Morgan fingerprint density at radius 3 is 2.34 bits per heavy atom. The smallest absolute Gasteiger partial charge is 0.288 e. The highest BCUT2D eigenvalue weighted by Gasteiger charge is 2.45. The van der Waals surface area contributed by atoms with E-state index in [1.54, 1.807) is 7.11 Å². The molecule has 2 heterocycles. The molecule has 0 aromatic heterocycles. The van der Waals surface area contributed by atoms with Crippen LogP contribution >= 0.6 is 0 Å². The molecule has 0 saturated carbocycles. The monoisotopic (exact) mass is 405 g/mol. The summed E-state index contributed by atoms with van der Waals surface area (Å²) in [7, 11) is 1.65. The summed E-state index contributed by atoms with van der Waals surface area (Å²) in [6, 6.07) is 7.46. The summed E-state index contributed by atoms with van der Waals surface area (Å²) in [5.41, 5.74) is 0. The van der Waals surface area contributed by atoms with Crippen molar-refractivity contribution < 1.29 is 28.9 Å². The van der Waals surface area contributed by atoms with Gasteiger partial charge in [0.1, 0.15) is 50.8 Å². The number of nitrogens with zero attached hydrogens (tertiary/aromatic N) is 1. The van der Waals surface area contributed by atoms with Gasteiger partial charge in [0.15, 0.2) is 6.04 Å². The van der Waals surface area contributed by atoms with Crippen LogP contribution in [0.2, 0.25) is 0 Å². The van der Waals surface area contributed by atoms with Crippen LogP contribution in [0.1, 0.15) is 26.7 Å². The molecule has 7 heteroatoms. The zero-order valence-electron chi connectivity index (χ0n) is 17.9. The lowest BCUT2D eigenvalue weighted by atomic mass is 10.1. The number of hydrogen-bond acceptors (Lipinski definition) is 4. The van der Waals surface area contributed by atoms with Crippen LogP contribution in [-0.4, -0.2) is 75.7 Å². The van der Waals surface area contributed by atoms with Gasteiger partial charge in [-0.3, -0.25) is 14.5 Å². The third-order valence-electron chi connectivity index (χ3n) is 6.05. The Morgan fingerprint density at radius 2 is 1.72 bits per heavy atom. The molecule has 7 nitrogen and oxygen atoms in total. The van der Waals surface area contributed by atoms with Crippen molar-refractivity contribution >= 4 is 11.8 Å². The van der Waals surface area contributed by atoms with Crippen LogP contribution in [0, 0.1) is 5.92 Å². The van der Waals surface area contributed by atoms with E-state index >= 15 is 0 Å². The number of benzene rings is 1. The first-order chi connectivity index (χ1) is 14.0. The minimum Gasteiger partial charge on any atom is -0.497 e. The van der Waals surface area contributed by atoms with Gasteiger partial charge in [-0.2, -0.15) is 0 Å². The molecule has 1 aromatic carbocycles. The SMILES string of the molecule is COc1ccc(OCC[NH+]2CC[NH+]([C@@H]3CC(=O)N(CCC(C)C)C3=O)CC2)cc1. The lowest BCUT2D eigenvalue weighted by Gasteiger charge is -2.32. The number of nitrogens with one attached hydrogen (secondary N) is 2. The van der Waals surface area contributed by atoms with Gasteiger partial charge in [0.05, 0.1) is 13.5 Å². The van der Waals surface area contributed by atoms with Gasteiger partial charge in [-0.25, -0.2) is 0 Å². The standard InChI is InChI=1S/C22H33N3O4/c1-17(2)8-9-25-21(26)16-20(22(25)27)24-12-10-23(11-13-24)14-15-29-19-6-4-18(28-3)5-7-19/h4-7,17,20H,8-16H2,1-3H3/p+2/t20-/m1/s1. The van der Waals surface area contributed by atoms with Crippen molar-refractivity contribution in [1.82, 2.24) is 4.90 Å². The molecular weight excluding hydrogens is 370 g/mol. The van der Waals surface area contributed by atoms with E-state index in [0.29, 0.717) is 25.5 Å². The number of methoxy groups -OCH3 is 1. The lowest BCUT2D eigenvalue weighted by molar-refractivity contribution is -1.02. The van der Waals surface area contributed by atoms with E-state index in [0.717, 1.165) is 50.6 Å². The topological polar surface area (TPSA) is 64.7 Å². The molecule has 2 fully saturated rings. The highest BCUT2D eigenvalue weighted by atomic mass is 16.5. The summed E-state index contributed by atoms with van der Waals surface area (Å²) in [4.78, 5) is 29.3. The first-order valence-corrected chi connectivity index (χ1v) is 10.8. The van der Waals surface area contributed by atoms with E-state index in [1.807, 2.05) is 24.3 Å². The largest absolute Gasteiger partial charge is 0.497 e. The molecule has 1 atom stereocenters. The van der Waals surface area contributed by atoms with Gasteiger partial charge in [-0.05, 0) is 36.6 Å². The number of amides is 2. The molecule has 0 aliphatic carbocycles. The van der Waals surface area contributed by atoms with Gasteiger partial charge in [0, 0.05) is 6.54 Å². The van der Waals surface area contributed by atoms with E-state index in [-0.39, 0.29) is 17.9 Å². The van der Waals surface area contributed by atoms with Gasteiger partial charge in [0.2, 0.25) is 5.91 Å². The van der Waals surface area contributed by atoms with Crippen molar-refractivity contribution in [2.45, 2.75) is 32.7 Å². The first kappa shape index (κ1) is 21.6. The molecule has 160 valence electrons. The number of carbonyl (C=O) groups excluding carboxylic acids is 2. The molecule has 2 aliphatic rings. The summed E-state index contributed by atoms with van der Waals surface area (Å²) in [5, 5.41) is 0. The van der Waals surface area contributed by atoms with Crippen molar-refractivity contribution in [1.29, 1.82) is 0 Å². The molecular formula is C22H35N3O4+2. The molecule has 2 saturated heterocycles. The highest BCUT2D eigenvalue weighted by Crippen LogP contribution is 2.16. The Kier molecular flexibility index (Phi) is 7.50. The predicted molar refractivity (Wildman–Crippen MR) is 109 cm³/mol. The average molecular weight is 406 g/mol. The Bertz CT molecular complexity index is 684. The van der Waals surface area contributed by atoms with Crippen LogP contribution in [0.3, 0.4) is 0 Å². The average Bonchev–Trinajstić information content (AvgIpc) is 3.01. The maximum absolute atomic E-state index is 12.7. The number of likely N-dealkylation sites (tertiary alicyclic amines) is 1. The van der Waals surface area contributed by atoms with Gasteiger partial charge in [-0.1, -0.05) is 13.8 Å². The van der Waals surface area contributed by atoms with Crippen LogP contribution in [0.4, 0.5) is 0 Å². The van der Waals surface area contributed by atoms with Gasteiger partial charge < -0.3 is 19.3 Å². The minimum atomic E-state index is -0.174. The first-order valence-electron chi connectivity index (χ1n) is 10.8. The molecule has 2 amide bonds. The third kappa shape index (κ3) is 5.70. The van der Waals surface area contributed by atoms with Crippen LogP contribution in [0.5, 0.6) is 11.5 Å². The summed E-state index contributed by atoms with van der Waals surface area (Å²) in [6.07, 6.45) is 1.26. The van der Waals surface area contributed by atoms with E-state index in [1.165, 1.54) is 14.7 Å². The lowest BCUT2D eigenvalue weighted by Crippen LogP contribution is -3.30. The maximum atomic E-state index is 12.7. The summed E-state index contributed by atoms with van der Waals surface area (Å²) in [6.45, 7) is 10.3. The Morgan fingerprint density at radius 1 is 1.07 bits per heavy atom. The Hall–Kier alpha value is -2.12. The van der Waals surface area contributed by atoms with Crippen molar-refractivity contribution in [2.24, 2.45) is 5.92 Å². The fourth-order valence-corrected chi connectivity index (χ4v) is 4.13. The van der Waals surface area contributed by atoms with Crippen LogP contribution in [0.15, 0.2) is 24.3 Å². The second kappa shape index (κ2) is 10.1. The number of carbonyl (C=O) groups is 2. The number of imide groups is 1. The molecule has 0 spiro atoms. The van der Waals surface area contributed by atoms with Crippen LogP contribution < -0.4 is 19.3 Å². The van der Waals surface area contributed by atoms with E-state index in [9.17, 15) is 9.59 Å². The summed E-state index contributed by atoms with van der Waals surface area (Å²) < 4.78 is 11.0. The number of piperazine rings is 1. The van der Waals surface area contributed by atoms with Gasteiger partial charge in [0.25, 0.3) is 5.91 Å². The molecule has 29 heavy (non-hydrogen) atoms. The maximum Gasteiger partial charge on any atom is 0.288 e. The fourth-order valence-electron chi connectivity index (χ4n) is 4.13. The molecule has 2 aliphatic heterocycles. The van der Waals surface area contributed by atoms with Crippen molar-refractivity contribution in [3.63, 3.8) is 0 Å². The van der Waals surface area contributed by atoms with Gasteiger partial charge in [-0.15, -0.1) is 0 Å². The van der Waals surface area contributed by atoms with Crippen molar-refractivity contribution in [3.05, 3.63) is 24.3 Å². The molecule has 0 bridgehead atoms. The van der Waals surface area contributed by atoms with Crippen LogP contribution in [-0.2, 0) is 9.59 Å². The highest BCUT2D eigenvalue weighted by molar-refractivity contribution is 6.04. The molecule has 1 aromatic rings. The molecule has 2 N–H and O–H groups in total. The zero-order valence-corrected chi connectivity index (χ0v) is 17.9. The predicted octanol–water partition coefficient (Wildman–Crippen LogP) is -0.969. The van der Waals surface area contributed by atoms with E-state index < -0.39 is 0 Å². The number of ether oxygens (including phenoxy) is 2. The second-order valence-electron chi connectivity index (χ2n) is 8.51. The quantitative estimate of drug-likeness (QED) is 0.519. The Balaban J connectivity index is 1.39. The van der Waals surface area contributed by atoms with Crippen LogP contribution in [0.25, 0.3) is 0 Å². The molecule has 0 radical (unpaired) electrons. The fraction of sp³-hybridized carbons (Fsp3) is 0.636. The van der Waals surface area contributed by atoms with E-state index in [2.05, 4.69) is 13.8 Å². The normalized spacial score (nSPS) is 25.0. The van der Waals surface area contributed by atoms with Gasteiger partial charge >= 0.3 is 0 Å².